The number of anilines is 1. The van der Waals surface area contributed by atoms with Gasteiger partial charge in [-0.15, -0.1) is 0 Å². The van der Waals surface area contributed by atoms with Gasteiger partial charge in [-0.2, -0.15) is 0 Å². The van der Waals surface area contributed by atoms with Crippen molar-refractivity contribution in [2.45, 2.75) is 52.1 Å². The van der Waals surface area contributed by atoms with Crippen LogP contribution in [-0.2, 0) is 11.3 Å². The molecule has 0 aromatic heterocycles. The van der Waals surface area contributed by atoms with Crippen LogP contribution in [0.15, 0.2) is 42.5 Å². The molecule has 0 saturated carbocycles. The maximum atomic E-state index is 12.5. The monoisotopic (exact) mass is 435 g/mol. The molecular formula is C26H33N3O3. The van der Waals surface area contributed by atoms with Gasteiger partial charge in [-0.1, -0.05) is 24.6 Å². The Morgan fingerprint density at radius 3 is 2.75 bits per heavy atom. The largest absolute Gasteiger partial charge is 0.482 e. The molecule has 2 heterocycles. The number of benzene rings is 2. The first kappa shape index (κ1) is 22.3. The van der Waals surface area contributed by atoms with Crippen LogP contribution in [0.4, 0.5) is 5.69 Å². The van der Waals surface area contributed by atoms with Gasteiger partial charge in [-0.05, 0) is 75.0 Å². The van der Waals surface area contributed by atoms with Crippen LogP contribution in [0.5, 0.6) is 5.75 Å². The number of rotatable bonds is 7. The fourth-order valence-electron chi connectivity index (χ4n) is 4.51. The molecule has 1 atom stereocenters. The van der Waals surface area contributed by atoms with Gasteiger partial charge in [0.15, 0.2) is 6.61 Å². The molecule has 2 amide bonds. The van der Waals surface area contributed by atoms with E-state index < -0.39 is 0 Å². The van der Waals surface area contributed by atoms with Gasteiger partial charge in [0.1, 0.15) is 5.75 Å². The van der Waals surface area contributed by atoms with Crippen molar-refractivity contribution >= 4 is 17.5 Å². The van der Waals surface area contributed by atoms with Gasteiger partial charge in [0.25, 0.3) is 11.8 Å². The second kappa shape index (κ2) is 10.2. The highest BCUT2D eigenvalue weighted by molar-refractivity contribution is 5.98. The van der Waals surface area contributed by atoms with Crippen molar-refractivity contribution in [2.24, 2.45) is 0 Å². The summed E-state index contributed by atoms with van der Waals surface area (Å²) in [7, 11) is 0. The lowest BCUT2D eigenvalue weighted by Gasteiger charge is -2.33. The topological polar surface area (TPSA) is 61.9 Å². The second-order valence-electron chi connectivity index (χ2n) is 8.93. The Kier molecular flexibility index (Phi) is 7.10. The zero-order valence-corrected chi connectivity index (χ0v) is 19.1. The molecule has 1 fully saturated rings. The molecule has 32 heavy (non-hydrogen) atoms. The van der Waals surface area contributed by atoms with Crippen molar-refractivity contribution in [1.29, 1.82) is 0 Å². The van der Waals surface area contributed by atoms with E-state index in [1.807, 2.05) is 49.4 Å². The Balaban J connectivity index is 1.29. The number of nitrogens with zero attached hydrogens (tertiary/aromatic N) is 2. The Labute approximate surface area is 190 Å². The minimum atomic E-state index is -0.0637. The first-order valence-corrected chi connectivity index (χ1v) is 11.7. The Morgan fingerprint density at radius 2 is 1.97 bits per heavy atom. The van der Waals surface area contributed by atoms with E-state index in [0.29, 0.717) is 24.7 Å². The van der Waals surface area contributed by atoms with Gasteiger partial charge in [-0.3, -0.25) is 9.59 Å². The molecule has 170 valence electrons. The predicted molar refractivity (Wildman–Crippen MR) is 126 cm³/mol. The number of carbonyl (C=O) groups is 2. The van der Waals surface area contributed by atoms with Gasteiger partial charge in [0, 0.05) is 24.7 Å². The lowest BCUT2D eigenvalue weighted by Crippen LogP contribution is -2.39. The third kappa shape index (κ3) is 5.30. The van der Waals surface area contributed by atoms with Crippen molar-refractivity contribution < 1.29 is 14.3 Å². The highest BCUT2D eigenvalue weighted by Gasteiger charge is 2.25. The average Bonchev–Trinajstić information content (AvgIpc) is 2.80. The number of aryl methyl sites for hydroxylation is 1. The first-order chi connectivity index (χ1) is 15.5. The average molecular weight is 436 g/mol. The molecular weight excluding hydrogens is 402 g/mol. The summed E-state index contributed by atoms with van der Waals surface area (Å²) in [5.41, 5.74) is 3.50. The molecule has 1 N–H and O–H groups in total. The predicted octanol–water partition coefficient (Wildman–Crippen LogP) is 3.91. The van der Waals surface area contributed by atoms with Crippen molar-refractivity contribution in [3.63, 3.8) is 0 Å². The lowest BCUT2D eigenvalue weighted by molar-refractivity contribution is -0.121. The van der Waals surface area contributed by atoms with Crippen LogP contribution < -0.4 is 15.0 Å². The Morgan fingerprint density at radius 1 is 1.16 bits per heavy atom. The van der Waals surface area contributed by atoms with Crippen molar-refractivity contribution in [3.05, 3.63) is 59.2 Å². The molecule has 1 saturated heterocycles. The molecule has 0 radical (unpaired) electrons. The van der Waals surface area contributed by atoms with Crippen LogP contribution in [0.1, 0.15) is 54.1 Å². The summed E-state index contributed by atoms with van der Waals surface area (Å²) in [5.74, 6) is 0.622. The Bertz CT molecular complexity index is 957. The highest BCUT2D eigenvalue weighted by atomic mass is 16.5. The van der Waals surface area contributed by atoms with E-state index in [1.54, 1.807) is 4.90 Å². The fourth-order valence-corrected chi connectivity index (χ4v) is 4.51. The van der Waals surface area contributed by atoms with Crippen LogP contribution in [0.2, 0.25) is 0 Å². The zero-order valence-electron chi connectivity index (χ0n) is 19.1. The van der Waals surface area contributed by atoms with Gasteiger partial charge >= 0.3 is 0 Å². The highest BCUT2D eigenvalue weighted by Crippen LogP contribution is 2.33. The molecule has 2 aliphatic heterocycles. The number of hydrogen-bond donors (Lipinski definition) is 1. The molecule has 2 aromatic carbocycles. The summed E-state index contributed by atoms with van der Waals surface area (Å²) in [4.78, 5) is 29.2. The number of piperidine rings is 1. The number of likely N-dealkylation sites (tertiary alicyclic amines) is 1. The molecule has 6 nitrogen and oxygen atoms in total. The van der Waals surface area contributed by atoms with E-state index in [0.717, 1.165) is 35.5 Å². The van der Waals surface area contributed by atoms with Gasteiger partial charge < -0.3 is 19.9 Å². The molecule has 2 aromatic rings. The summed E-state index contributed by atoms with van der Waals surface area (Å²) >= 11 is 0. The van der Waals surface area contributed by atoms with Crippen LogP contribution in [-0.4, -0.2) is 49.0 Å². The summed E-state index contributed by atoms with van der Waals surface area (Å²) in [5, 5.41) is 3.03. The van der Waals surface area contributed by atoms with E-state index in [9.17, 15) is 9.59 Å². The van der Waals surface area contributed by atoms with Crippen LogP contribution in [0, 0.1) is 6.92 Å². The van der Waals surface area contributed by atoms with E-state index in [1.165, 1.54) is 25.8 Å². The van der Waals surface area contributed by atoms with Crippen LogP contribution in [0.3, 0.4) is 0 Å². The quantitative estimate of drug-likeness (QED) is 0.670. The van der Waals surface area contributed by atoms with Crippen LogP contribution >= 0.6 is 0 Å². The standard InChI is InChI=1S/C26H33N3O3/c1-19-7-12-23-24(16-19)32-18-25(30)29(23)17-21-8-10-22(11-9-21)26(31)27-13-5-15-28-14-4-3-6-20(28)2/h7-12,16,20H,3-6,13-15,17-18H2,1-2H3,(H,27,31). The minimum absolute atomic E-state index is 0.0488. The minimum Gasteiger partial charge on any atom is -0.482 e. The summed E-state index contributed by atoms with van der Waals surface area (Å²) in [6.45, 7) is 7.69. The summed E-state index contributed by atoms with van der Waals surface area (Å²) in [6.07, 6.45) is 4.85. The number of nitrogens with one attached hydrogen (secondary N) is 1. The number of fused-ring (bicyclic) bond motifs is 1. The molecule has 6 heteroatoms. The third-order valence-corrected chi connectivity index (χ3v) is 6.46. The second-order valence-corrected chi connectivity index (χ2v) is 8.93. The number of ether oxygens (including phenoxy) is 1. The van der Waals surface area contributed by atoms with E-state index in [-0.39, 0.29) is 18.4 Å². The summed E-state index contributed by atoms with van der Waals surface area (Å²) < 4.78 is 5.58. The normalized spacial score (nSPS) is 18.8. The van der Waals surface area contributed by atoms with E-state index in [4.69, 9.17) is 4.74 Å². The van der Waals surface area contributed by atoms with E-state index >= 15 is 0 Å². The zero-order chi connectivity index (χ0) is 22.5. The lowest BCUT2D eigenvalue weighted by atomic mass is 10.0. The third-order valence-electron chi connectivity index (χ3n) is 6.46. The molecule has 0 spiro atoms. The van der Waals surface area contributed by atoms with Gasteiger partial charge in [0.05, 0.1) is 12.2 Å². The van der Waals surface area contributed by atoms with Crippen LogP contribution in [0.25, 0.3) is 0 Å². The van der Waals surface area contributed by atoms with E-state index in [2.05, 4.69) is 17.1 Å². The van der Waals surface area contributed by atoms with Crippen molar-refractivity contribution in [1.82, 2.24) is 10.2 Å². The number of carbonyl (C=O) groups excluding carboxylic acids is 2. The molecule has 0 bridgehead atoms. The summed E-state index contributed by atoms with van der Waals surface area (Å²) in [6, 6.07) is 14.0. The molecule has 2 aliphatic rings. The van der Waals surface area contributed by atoms with Crippen molar-refractivity contribution in [3.8, 4) is 5.75 Å². The number of amides is 2. The SMILES string of the molecule is Cc1ccc2c(c1)OCC(=O)N2Cc1ccc(C(=O)NCCCN2CCCCC2C)cc1. The maximum Gasteiger partial charge on any atom is 0.265 e. The first-order valence-electron chi connectivity index (χ1n) is 11.7. The van der Waals surface area contributed by atoms with Gasteiger partial charge in [0.2, 0.25) is 0 Å². The maximum absolute atomic E-state index is 12.5. The van der Waals surface area contributed by atoms with Gasteiger partial charge in [-0.25, -0.2) is 0 Å². The number of hydrogen-bond acceptors (Lipinski definition) is 4. The fraction of sp³-hybridized carbons (Fsp3) is 0.462. The molecule has 0 aliphatic carbocycles. The smallest absolute Gasteiger partial charge is 0.265 e. The Hall–Kier alpha value is -2.86. The molecule has 1 unspecified atom stereocenters. The van der Waals surface area contributed by atoms with Crippen molar-refractivity contribution in [2.75, 3.05) is 31.1 Å². The molecule has 4 rings (SSSR count).